The van der Waals surface area contributed by atoms with Gasteiger partial charge in [0.25, 0.3) is 5.69 Å². The predicted octanol–water partition coefficient (Wildman–Crippen LogP) is 2.37. The Morgan fingerprint density at radius 2 is 1.76 bits per heavy atom. The van der Waals surface area contributed by atoms with Crippen molar-refractivity contribution in [1.29, 1.82) is 0 Å². The van der Waals surface area contributed by atoms with Gasteiger partial charge in [-0.05, 0) is 18.2 Å². The first-order valence-corrected chi connectivity index (χ1v) is 7.17. The van der Waals surface area contributed by atoms with Crippen LogP contribution in [0.25, 0.3) is 0 Å². The molecule has 0 bridgehead atoms. The lowest BCUT2D eigenvalue weighted by Gasteiger charge is -2.10. The van der Waals surface area contributed by atoms with E-state index in [4.69, 9.17) is 8.92 Å². The second-order valence-corrected chi connectivity index (χ2v) is 5.46. The molecule has 0 saturated carbocycles. The predicted molar refractivity (Wildman–Crippen MR) is 73.9 cm³/mol. The summed E-state index contributed by atoms with van der Waals surface area (Å²) >= 11 is 0. The summed E-state index contributed by atoms with van der Waals surface area (Å²) in [5.41, 5.74) is -0.273. The summed E-state index contributed by atoms with van der Waals surface area (Å²) in [7, 11) is -2.92. The fourth-order valence-corrected chi connectivity index (χ4v) is 2.70. The lowest BCUT2D eigenvalue weighted by Crippen LogP contribution is -2.11. The van der Waals surface area contributed by atoms with Crippen LogP contribution < -0.4 is 8.92 Å². The van der Waals surface area contributed by atoms with Gasteiger partial charge in [0.2, 0.25) is 0 Å². The van der Waals surface area contributed by atoms with Crippen molar-refractivity contribution in [3.63, 3.8) is 0 Å². The highest BCUT2D eigenvalue weighted by molar-refractivity contribution is 7.87. The van der Waals surface area contributed by atoms with Crippen LogP contribution in [0.3, 0.4) is 0 Å². The number of non-ortho nitro benzene ring substituents is 1. The third-order valence-electron chi connectivity index (χ3n) is 2.58. The first-order chi connectivity index (χ1) is 9.94. The molecule has 8 heteroatoms. The SMILES string of the molecule is COc1cc([N+](=O)[O-])ccc1S(=O)(=O)Oc1ccccc1. The summed E-state index contributed by atoms with van der Waals surface area (Å²) in [6.07, 6.45) is 0. The van der Waals surface area contributed by atoms with Gasteiger partial charge in [0.15, 0.2) is 0 Å². The van der Waals surface area contributed by atoms with Crippen LogP contribution in [0.4, 0.5) is 5.69 Å². The van der Waals surface area contributed by atoms with E-state index >= 15 is 0 Å². The van der Waals surface area contributed by atoms with Gasteiger partial charge in [0.1, 0.15) is 16.4 Å². The minimum absolute atomic E-state index is 0.137. The minimum atomic E-state index is -4.15. The third-order valence-corrected chi connectivity index (χ3v) is 3.86. The monoisotopic (exact) mass is 309 g/mol. The third kappa shape index (κ3) is 3.29. The van der Waals surface area contributed by atoms with E-state index in [1.54, 1.807) is 18.2 Å². The van der Waals surface area contributed by atoms with E-state index in [-0.39, 0.29) is 22.1 Å². The van der Waals surface area contributed by atoms with Gasteiger partial charge in [-0.2, -0.15) is 8.42 Å². The summed E-state index contributed by atoms with van der Waals surface area (Å²) < 4.78 is 34.2. The zero-order valence-corrected chi connectivity index (χ0v) is 11.7. The largest absolute Gasteiger partial charge is 0.495 e. The molecule has 0 fully saturated rings. The number of nitro benzene ring substituents is 1. The molecule has 0 unspecified atom stereocenters. The molecule has 0 heterocycles. The number of para-hydroxylation sites is 1. The number of hydrogen-bond donors (Lipinski definition) is 0. The highest BCUT2D eigenvalue weighted by atomic mass is 32.2. The number of rotatable bonds is 5. The Morgan fingerprint density at radius 1 is 1.10 bits per heavy atom. The molecule has 0 saturated heterocycles. The van der Waals surface area contributed by atoms with Crippen molar-refractivity contribution in [3.8, 4) is 11.5 Å². The number of hydrogen-bond acceptors (Lipinski definition) is 6. The Bertz CT molecular complexity index is 757. The van der Waals surface area contributed by atoms with Crippen molar-refractivity contribution in [2.24, 2.45) is 0 Å². The highest BCUT2D eigenvalue weighted by Gasteiger charge is 2.24. The maximum Gasteiger partial charge on any atom is 0.342 e. The van der Waals surface area contributed by atoms with Crippen LogP contribution in [0, 0.1) is 10.1 Å². The van der Waals surface area contributed by atoms with E-state index in [0.717, 1.165) is 18.2 Å². The van der Waals surface area contributed by atoms with Crippen LogP contribution in [0.5, 0.6) is 11.5 Å². The van der Waals surface area contributed by atoms with Crippen molar-refractivity contribution < 1.29 is 22.3 Å². The lowest BCUT2D eigenvalue weighted by atomic mass is 10.3. The Kier molecular flexibility index (Phi) is 4.08. The standard InChI is InChI=1S/C13H11NO6S/c1-19-12-9-10(14(15)16)7-8-13(12)21(17,18)20-11-5-3-2-4-6-11/h2-9H,1H3. The Morgan fingerprint density at radius 3 is 2.33 bits per heavy atom. The quantitative estimate of drug-likeness (QED) is 0.478. The van der Waals surface area contributed by atoms with Crippen molar-refractivity contribution in [3.05, 3.63) is 58.6 Å². The zero-order chi connectivity index (χ0) is 15.5. The Hall–Kier alpha value is -2.61. The molecule has 21 heavy (non-hydrogen) atoms. The van der Waals surface area contributed by atoms with Crippen LogP contribution in [0.15, 0.2) is 53.4 Å². The fraction of sp³-hybridized carbons (Fsp3) is 0.0769. The summed E-state index contributed by atoms with van der Waals surface area (Å²) in [4.78, 5) is 9.77. The topological polar surface area (TPSA) is 95.7 Å². The van der Waals surface area contributed by atoms with Crippen LogP contribution in [-0.2, 0) is 10.1 Å². The molecule has 0 aliphatic heterocycles. The molecular weight excluding hydrogens is 298 g/mol. The van der Waals surface area contributed by atoms with Crippen molar-refractivity contribution in [2.45, 2.75) is 4.90 Å². The number of methoxy groups -OCH3 is 1. The molecule has 2 aromatic rings. The second-order valence-electron chi connectivity index (χ2n) is 3.94. The average Bonchev–Trinajstić information content (AvgIpc) is 2.47. The Labute approximate surface area is 121 Å². The van der Waals surface area contributed by atoms with Gasteiger partial charge >= 0.3 is 10.1 Å². The van der Waals surface area contributed by atoms with E-state index in [2.05, 4.69) is 0 Å². The first-order valence-electron chi connectivity index (χ1n) is 5.76. The van der Waals surface area contributed by atoms with E-state index in [1.165, 1.54) is 19.2 Å². The maximum atomic E-state index is 12.2. The average molecular weight is 309 g/mol. The molecule has 0 spiro atoms. The van der Waals surface area contributed by atoms with E-state index < -0.39 is 15.0 Å². The molecule has 7 nitrogen and oxygen atoms in total. The van der Waals surface area contributed by atoms with Gasteiger partial charge < -0.3 is 8.92 Å². The molecule has 0 aliphatic rings. The van der Waals surface area contributed by atoms with Crippen LogP contribution in [0.1, 0.15) is 0 Å². The maximum absolute atomic E-state index is 12.2. The van der Waals surface area contributed by atoms with E-state index in [9.17, 15) is 18.5 Å². The van der Waals surface area contributed by atoms with Crippen molar-refractivity contribution in [2.75, 3.05) is 7.11 Å². The molecule has 2 rings (SSSR count). The van der Waals surface area contributed by atoms with Gasteiger partial charge in [-0.1, -0.05) is 18.2 Å². The van der Waals surface area contributed by atoms with Crippen LogP contribution in [-0.4, -0.2) is 20.5 Å². The van der Waals surface area contributed by atoms with E-state index in [0.29, 0.717) is 0 Å². The summed E-state index contributed by atoms with van der Waals surface area (Å²) in [6, 6.07) is 11.1. The normalized spacial score (nSPS) is 10.9. The molecule has 0 atom stereocenters. The number of benzene rings is 2. The molecule has 0 aromatic heterocycles. The first kappa shape index (κ1) is 14.8. The summed E-state index contributed by atoms with van der Waals surface area (Å²) in [5.74, 6) is -0.0157. The minimum Gasteiger partial charge on any atom is -0.495 e. The molecule has 2 aromatic carbocycles. The van der Waals surface area contributed by atoms with Gasteiger partial charge in [0, 0.05) is 6.07 Å². The van der Waals surface area contributed by atoms with Gasteiger partial charge in [-0.25, -0.2) is 0 Å². The number of nitrogens with zero attached hydrogens (tertiary/aromatic N) is 1. The van der Waals surface area contributed by atoms with Crippen LogP contribution >= 0.6 is 0 Å². The lowest BCUT2D eigenvalue weighted by molar-refractivity contribution is -0.385. The molecular formula is C13H11NO6S. The summed E-state index contributed by atoms with van der Waals surface area (Å²) in [6.45, 7) is 0. The van der Waals surface area contributed by atoms with Crippen molar-refractivity contribution in [1.82, 2.24) is 0 Å². The Balaban J connectivity index is 2.42. The molecule has 0 N–H and O–H groups in total. The molecule has 0 amide bonds. The van der Waals surface area contributed by atoms with Gasteiger partial charge in [-0.15, -0.1) is 0 Å². The highest BCUT2D eigenvalue weighted by Crippen LogP contribution is 2.30. The number of nitro groups is 1. The molecule has 0 radical (unpaired) electrons. The second kappa shape index (κ2) is 5.80. The smallest absolute Gasteiger partial charge is 0.342 e. The van der Waals surface area contributed by atoms with Gasteiger partial charge in [-0.3, -0.25) is 10.1 Å². The fourth-order valence-electron chi connectivity index (χ4n) is 1.62. The molecule has 0 aliphatic carbocycles. The molecule has 110 valence electrons. The van der Waals surface area contributed by atoms with Gasteiger partial charge in [0.05, 0.1) is 18.1 Å². The van der Waals surface area contributed by atoms with Crippen LogP contribution in [0.2, 0.25) is 0 Å². The van der Waals surface area contributed by atoms with E-state index in [1.807, 2.05) is 0 Å². The number of ether oxygens (including phenoxy) is 1. The summed E-state index contributed by atoms with van der Waals surface area (Å²) in [5, 5.41) is 10.7. The zero-order valence-electron chi connectivity index (χ0n) is 10.9. The van der Waals surface area contributed by atoms with Crippen molar-refractivity contribution >= 4 is 15.8 Å².